The number of anilines is 3. The van der Waals surface area contributed by atoms with E-state index in [-0.39, 0.29) is 10.8 Å². The third kappa shape index (κ3) is 4.63. The van der Waals surface area contributed by atoms with E-state index in [0.29, 0.717) is 5.92 Å². The summed E-state index contributed by atoms with van der Waals surface area (Å²) in [7, 11) is 0. The minimum Gasteiger partial charge on any atom is -0.310 e. The van der Waals surface area contributed by atoms with Crippen molar-refractivity contribution in [1.82, 2.24) is 0 Å². The fourth-order valence-corrected chi connectivity index (χ4v) is 12.2. The summed E-state index contributed by atoms with van der Waals surface area (Å²) in [6.45, 7) is 4.79. The van der Waals surface area contributed by atoms with E-state index in [9.17, 15) is 0 Å². The van der Waals surface area contributed by atoms with Gasteiger partial charge in [0.1, 0.15) is 0 Å². The zero-order valence-corrected chi connectivity index (χ0v) is 32.7. The molecule has 2 fully saturated rings. The first-order valence-corrected chi connectivity index (χ1v) is 21.0. The Kier molecular flexibility index (Phi) is 7.04. The van der Waals surface area contributed by atoms with Gasteiger partial charge in [0.05, 0.1) is 5.69 Å². The van der Waals surface area contributed by atoms with Crippen molar-refractivity contribution in [2.24, 2.45) is 11.8 Å². The molecule has 3 unspecified atom stereocenters. The Bertz CT molecular complexity index is 2920. The molecule has 274 valence electrons. The van der Waals surface area contributed by atoms with Crippen molar-refractivity contribution in [2.75, 3.05) is 4.90 Å². The van der Waals surface area contributed by atoms with Gasteiger partial charge in [-0.15, -0.1) is 0 Å². The van der Waals surface area contributed by atoms with Crippen LogP contribution in [-0.2, 0) is 10.8 Å². The molecule has 12 rings (SSSR count). The number of para-hydroxylation sites is 1. The lowest BCUT2D eigenvalue weighted by Crippen LogP contribution is -2.32. The quantitative estimate of drug-likeness (QED) is 0.170. The number of hydrogen-bond acceptors (Lipinski definition) is 1. The number of rotatable bonds is 5. The molecule has 1 spiro atoms. The molecular weight excluding hydrogens is 687 g/mol. The van der Waals surface area contributed by atoms with Crippen LogP contribution in [0.5, 0.6) is 0 Å². The summed E-state index contributed by atoms with van der Waals surface area (Å²) < 4.78 is 0. The molecule has 0 N–H and O–H groups in total. The number of fused-ring (bicyclic) bond motifs is 12. The highest BCUT2D eigenvalue weighted by Crippen LogP contribution is 2.66. The Morgan fingerprint density at radius 2 is 1.11 bits per heavy atom. The Labute approximate surface area is 336 Å². The van der Waals surface area contributed by atoms with Gasteiger partial charge < -0.3 is 4.90 Å². The zero-order chi connectivity index (χ0) is 37.9. The number of nitrogens with zero attached hydrogens (tertiary/aromatic N) is 1. The highest BCUT2D eigenvalue weighted by molar-refractivity contribution is 6.02. The Hall–Kier alpha value is -6.18. The van der Waals surface area contributed by atoms with E-state index in [1.54, 1.807) is 5.56 Å². The van der Waals surface area contributed by atoms with Crippen molar-refractivity contribution in [3.63, 3.8) is 0 Å². The molecule has 4 aliphatic carbocycles. The minimum absolute atomic E-state index is 0.0959. The molecule has 8 aromatic carbocycles. The molecule has 8 aromatic rings. The first-order chi connectivity index (χ1) is 28.0. The lowest BCUT2D eigenvalue weighted by molar-refractivity contribution is 0.327. The third-order valence-electron chi connectivity index (χ3n) is 14.5. The maximum Gasteiger partial charge on any atom is 0.0540 e. The maximum absolute atomic E-state index is 2.60. The standard InChI is InChI=1S/C56H45N/c1-55(2)50-25-8-5-20-46(50)49-24-13-22-43(54(49)55)38-16-11-17-40(33-38)57(53-27-10-7-21-48(53)44-23-12-15-37-14-3-4-18-42(37)44)41-30-31-47-45-19-6-9-26-51(45)56(52(47)34-41)35-36-28-29-39(56)32-36/h3-27,30-31,33-34,36,39H,28-29,32,35H2,1-2H3. The van der Waals surface area contributed by atoms with Crippen molar-refractivity contribution in [3.05, 3.63) is 198 Å². The molecule has 2 bridgehead atoms. The van der Waals surface area contributed by atoms with Crippen molar-refractivity contribution in [2.45, 2.75) is 50.4 Å². The summed E-state index contributed by atoms with van der Waals surface area (Å²) in [4.78, 5) is 2.56. The fraction of sp³-hybridized carbons (Fsp3) is 0.179. The van der Waals surface area contributed by atoms with Gasteiger partial charge in [0.2, 0.25) is 0 Å². The van der Waals surface area contributed by atoms with Crippen molar-refractivity contribution < 1.29 is 0 Å². The SMILES string of the molecule is CC1(C)c2ccccc2-c2cccc(-c3cccc(N(c4ccc5c(c4)C4(CC6CCC4C6)c4ccccc4-5)c4ccccc4-c4cccc5ccccc45)c3)c21. The Morgan fingerprint density at radius 3 is 1.95 bits per heavy atom. The van der Waals surface area contributed by atoms with Gasteiger partial charge in [-0.3, -0.25) is 0 Å². The van der Waals surface area contributed by atoms with Crippen molar-refractivity contribution in [1.29, 1.82) is 0 Å². The van der Waals surface area contributed by atoms with Crippen molar-refractivity contribution in [3.8, 4) is 44.5 Å². The zero-order valence-electron chi connectivity index (χ0n) is 32.7. The highest BCUT2D eigenvalue weighted by Gasteiger charge is 2.56. The molecule has 1 heteroatoms. The molecule has 0 radical (unpaired) electrons. The van der Waals surface area contributed by atoms with Crippen molar-refractivity contribution >= 4 is 27.8 Å². The highest BCUT2D eigenvalue weighted by atomic mass is 15.1. The summed E-state index contributed by atoms with van der Waals surface area (Å²) in [5.41, 5.74) is 20.1. The molecule has 0 aromatic heterocycles. The average molecular weight is 732 g/mol. The van der Waals surface area contributed by atoms with Gasteiger partial charge in [-0.05, 0) is 133 Å². The van der Waals surface area contributed by atoms with Gasteiger partial charge >= 0.3 is 0 Å². The topological polar surface area (TPSA) is 3.24 Å². The van der Waals surface area contributed by atoms with E-state index >= 15 is 0 Å². The predicted molar refractivity (Wildman–Crippen MR) is 239 cm³/mol. The van der Waals surface area contributed by atoms with Gasteiger partial charge in [-0.1, -0.05) is 166 Å². The van der Waals surface area contributed by atoms with Gasteiger partial charge in [0.25, 0.3) is 0 Å². The largest absolute Gasteiger partial charge is 0.310 e. The van der Waals surface area contributed by atoms with Gasteiger partial charge in [0.15, 0.2) is 0 Å². The van der Waals surface area contributed by atoms with Crippen LogP contribution in [0.3, 0.4) is 0 Å². The smallest absolute Gasteiger partial charge is 0.0540 e. The molecule has 3 atom stereocenters. The lowest BCUT2D eigenvalue weighted by Gasteiger charge is -2.37. The van der Waals surface area contributed by atoms with Crippen LogP contribution in [0.1, 0.15) is 61.8 Å². The van der Waals surface area contributed by atoms with Crippen LogP contribution in [0.25, 0.3) is 55.3 Å². The van der Waals surface area contributed by atoms with E-state index in [2.05, 4.69) is 195 Å². The van der Waals surface area contributed by atoms with Crippen LogP contribution in [-0.4, -0.2) is 0 Å². The van der Waals surface area contributed by atoms with Crippen LogP contribution in [0.2, 0.25) is 0 Å². The van der Waals surface area contributed by atoms with Gasteiger partial charge in [-0.2, -0.15) is 0 Å². The second-order valence-corrected chi connectivity index (χ2v) is 17.7. The van der Waals surface area contributed by atoms with E-state index in [1.807, 2.05) is 0 Å². The molecule has 0 amide bonds. The maximum atomic E-state index is 2.60. The summed E-state index contributed by atoms with van der Waals surface area (Å²) in [5, 5.41) is 2.53. The van der Waals surface area contributed by atoms with Crippen LogP contribution >= 0.6 is 0 Å². The number of hydrogen-bond donors (Lipinski definition) is 0. The van der Waals surface area contributed by atoms with E-state index in [0.717, 1.165) is 5.92 Å². The summed E-state index contributed by atoms with van der Waals surface area (Å²) in [6, 6.07) is 66.6. The summed E-state index contributed by atoms with van der Waals surface area (Å²) in [6.07, 6.45) is 5.34. The van der Waals surface area contributed by atoms with Gasteiger partial charge in [0, 0.05) is 27.8 Å². The van der Waals surface area contributed by atoms with E-state index in [4.69, 9.17) is 0 Å². The molecule has 1 nitrogen and oxygen atoms in total. The molecule has 0 heterocycles. The molecule has 4 aliphatic rings. The fourth-order valence-electron chi connectivity index (χ4n) is 12.2. The summed E-state index contributed by atoms with van der Waals surface area (Å²) >= 11 is 0. The van der Waals surface area contributed by atoms with E-state index < -0.39 is 0 Å². The predicted octanol–water partition coefficient (Wildman–Crippen LogP) is 15.0. The Balaban J connectivity index is 1.09. The van der Waals surface area contributed by atoms with Crippen LogP contribution in [0.15, 0.2) is 176 Å². The molecule has 57 heavy (non-hydrogen) atoms. The second-order valence-electron chi connectivity index (χ2n) is 17.7. The van der Waals surface area contributed by atoms with E-state index in [1.165, 1.54) is 115 Å². The monoisotopic (exact) mass is 731 g/mol. The molecular formula is C56H45N. The Morgan fingerprint density at radius 1 is 0.474 bits per heavy atom. The normalized spacial score (nSPS) is 20.4. The van der Waals surface area contributed by atoms with Gasteiger partial charge in [-0.25, -0.2) is 0 Å². The third-order valence-corrected chi connectivity index (χ3v) is 14.5. The lowest BCUT2D eigenvalue weighted by atomic mass is 9.67. The average Bonchev–Trinajstić information content (AvgIpc) is 4.01. The van der Waals surface area contributed by atoms with Crippen LogP contribution in [0, 0.1) is 11.8 Å². The van der Waals surface area contributed by atoms with Crippen LogP contribution < -0.4 is 4.90 Å². The molecule has 0 aliphatic heterocycles. The summed E-state index contributed by atoms with van der Waals surface area (Å²) in [5.74, 6) is 1.52. The molecule has 2 saturated carbocycles. The first kappa shape index (κ1) is 33.0. The first-order valence-electron chi connectivity index (χ1n) is 21.0. The minimum atomic E-state index is -0.108. The number of benzene rings is 8. The molecule has 0 saturated heterocycles. The second kappa shape index (κ2) is 12.2. The van der Waals surface area contributed by atoms with Crippen LogP contribution in [0.4, 0.5) is 17.1 Å².